The Hall–Kier alpha value is -1.90. The zero-order valence-electron chi connectivity index (χ0n) is 16.1. The van der Waals surface area contributed by atoms with Crippen LogP contribution in [0.1, 0.15) is 24.5 Å². The van der Waals surface area contributed by atoms with Crippen LogP contribution in [0, 0.1) is 13.8 Å². The van der Waals surface area contributed by atoms with Crippen molar-refractivity contribution in [3.8, 4) is 5.75 Å². The third-order valence-corrected chi connectivity index (χ3v) is 5.54. The van der Waals surface area contributed by atoms with E-state index in [1.807, 2.05) is 32.0 Å². The number of aryl methyl sites for hydroxylation is 2. The summed E-state index contributed by atoms with van der Waals surface area (Å²) >= 11 is 12.8. The molecule has 2 rings (SSSR count). The second-order valence-electron chi connectivity index (χ2n) is 6.39. The standard InChI is InChI=1S/C20H20Br2ClN3O3/c1-11-4-5-14(23)8-17(11)24-19(27)7-13(3)25-26-20(28)10-29-18-6-12(2)15(21)9-16(18)22/h4-6,8-9H,7,10H2,1-3H3,(H,24,27)(H,26,28)/b25-13-. The smallest absolute Gasteiger partial charge is 0.277 e. The highest BCUT2D eigenvalue weighted by atomic mass is 79.9. The first-order chi connectivity index (χ1) is 13.7. The molecule has 2 aromatic carbocycles. The van der Waals surface area contributed by atoms with E-state index in [-0.39, 0.29) is 18.9 Å². The number of rotatable bonds is 7. The maximum atomic E-state index is 12.2. The zero-order chi connectivity index (χ0) is 21.6. The van der Waals surface area contributed by atoms with E-state index >= 15 is 0 Å². The fourth-order valence-electron chi connectivity index (χ4n) is 2.27. The van der Waals surface area contributed by atoms with Gasteiger partial charge in [-0.15, -0.1) is 0 Å². The molecule has 0 saturated heterocycles. The van der Waals surface area contributed by atoms with Crippen LogP contribution in [0.3, 0.4) is 0 Å². The van der Waals surface area contributed by atoms with Crippen molar-refractivity contribution < 1.29 is 14.3 Å². The summed E-state index contributed by atoms with van der Waals surface area (Å²) in [5.41, 5.74) is 5.37. The van der Waals surface area contributed by atoms with Crippen molar-refractivity contribution in [2.24, 2.45) is 5.10 Å². The molecule has 9 heteroatoms. The van der Waals surface area contributed by atoms with E-state index in [9.17, 15) is 9.59 Å². The van der Waals surface area contributed by atoms with Crippen molar-refractivity contribution in [2.75, 3.05) is 11.9 Å². The first-order valence-corrected chi connectivity index (χ1v) is 10.6. The normalized spacial score (nSPS) is 11.2. The minimum Gasteiger partial charge on any atom is -0.483 e. The van der Waals surface area contributed by atoms with Crippen LogP contribution in [0.15, 0.2) is 44.4 Å². The summed E-state index contributed by atoms with van der Waals surface area (Å²) in [6.07, 6.45) is 0.0323. The second-order valence-corrected chi connectivity index (χ2v) is 8.53. The number of hydrogen-bond donors (Lipinski definition) is 2. The van der Waals surface area contributed by atoms with Gasteiger partial charge in [0.15, 0.2) is 6.61 Å². The SMILES string of the molecule is C/C(CC(=O)Nc1cc(Cl)ccc1C)=N/NC(=O)COc1cc(C)c(Br)cc1Br. The van der Waals surface area contributed by atoms with Gasteiger partial charge in [-0.3, -0.25) is 9.59 Å². The Morgan fingerprint density at radius 3 is 2.52 bits per heavy atom. The number of halogens is 3. The van der Waals surface area contributed by atoms with Crippen LogP contribution in [0.5, 0.6) is 5.75 Å². The molecule has 0 unspecified atom stereocenters. The van der Waals surface area contributed by atoms with E-state index in [1.54, 1.807) is 19.1 Å². The van der Waals surface area contributed by atoms with Crippen LogP contribution < -0.4 is 15.5 Å². The molecule has 0 fully saturated rings. The largest absolute Gasteiger partial charge is 0.483 e. The molecular formula is C20H20Br2ClN3O3. The Balaban J connectivity index is 1.84. The van der Waals surface area contributed by atoms with E-state index in [0.717, 1.165) is 20.1 Å². The van der Waals surface area contributed by atoms with Gasteiger partial charge in [0.05, 0.1) is 10.9 Å². The van der Waals surface area contributed by atoms with Crippen molar-refractivity contribution in [3.05, 3.63) is 55.4 Å². The van der Waals surface area contributed by atoms with Crippen molar-refractivity contribution in [1.82, 2.24) is 5.43 Å². The minimum absolute atomic E-state index is 0.0323. The van der Waals surface area contributed by atoms with Gasteiger partial charge < -0.3 is 10.1 Å². The Bertz CT molecular complexity index is 964. The predicted octanol–water partition coefficient (Wildman–Crippen LogP) is 5.38. The number of carbonyl (C=O) groups is 2. The van der Waals surface area contributed by atoms with Crippen molar-refractivity contribution in [2.45, 2.75) is 27.2 Å². The molecule has 0 heterocycles. The van der Waals surface area contributed by atoms with E-state index in [4.69, 9.17) is 16.3 Å². The third-order valence-electron chi connectivity index (χ3n) is 3.83. The maximum Gasteiger partial charge on any atom is 0.277 e. The highest BCUT2D eigenvalue weighted by molar-refractivity contribution is 9.11. The first-order valence-electron chi connectivity index (χ1n) is 8.62. The number of ether oxygens (including phenoxy) is 1. The van der Waals surface area contributed by atoms with Crippen LogP contribution in [-0.2, 0) is 9.59 Å². The van der Waals surface area contributed by atoms with Gasteiger partial charge in [-0.1, -0.05) is 33.6 Å². The summed E-state index contributed by atoms with van der Waals surface area (Å²) < 4.78 is 7.18. The summed E-state index contributed by atoms with van der Waals surface area (Å²) in [7, 11) is 0. The molecule has 154 valence electrons. The van der Waals surface area contributed by atoms with E-state index in [2.05, 4.69) is 47.7 Å². The number of hydrazone groups is 1. The first kappa shape index (κ1) is 23.4. The lowest BCUT2D eigenvalue weighted by Crippen LogP contribution is -2.26. The molecule has 0 atom stereocenters. The van der Waals surface area contributed by atoms with Gasteiger partial charge in [-0.2, -0.15) is 5.10 Å². The summed E-state index contributed by atoms with van der Waals surface area (Å²) in [5.74, 6) is -0.128. The van der Waals surface area contributed by atoms with E-state index in [1.165, 1.54) is 0 Å². The lowest BCUT2D eigenvalue weighted by Gasteiger charge is -2.10. The van der Waals surface area contributed by atoms with Gasteiger partial charge in [0, 0.05) is 20.9 Å². The summed E-state index contributed by atoms with van der Waals surface area (Å²) in [6, 6.07) is 8.93. The van der Waals surface area contributed by atoms with Gasteiger partial charge in [-0.25, -0.2) is 5.43 Å². The van der Waals surface area contributed by atoms with E-state index < -0.39 is 5.91 Å². The molecule has 29 heavy (non-hydrogen) atoms. The van der Waals surface area contributed by atoms with Crippen molar-refractivity contribution >= 4 is 66.7 Å². The lowest BCUT2D eigenvalue weighted by molar-refractivity contribution is -0.123. The van der Waals surface area contributed by atoms with Gasteiger partial charge >= 0.3 is 0 Å². The van der Waals surface area contributed by atoms with Crippen LogP contribution in [0.25, 0.3) is 0 Å². The van der Waals surface area contributed by atoms with Crippen molar-refractivity contribution in [1.29, 1.82) is 0 Å². The quantitative estimate of drug-likeness (QED) is 0.362. The van der Waals surface area contributed by atoms with Crippen LogP contribution in [0.2, 0.25) is 5.02 Å². The highest BCUT2D eigenvalue weighted by Gasteiger charge is 2.10. The molecule has 0 spiro atoms. The Morgan fingerprint density at radius 1 is 1.07 bits per heavy atom. The van der Waals surface area contributed by atoms with Gasteiger partial charge in [0.2, 0.25) is 5.91 Å². The van der Waals surface area contributed by atoms with Gasteiger partial charge in [0.1, 0.15) is 5.75 Å². The fourth-order valence-corrected chi connectivity index (χ4v) is 3.55. The average molecular weight is 546 g/mol. The number of amides is 2. The molecule has 6 nitrogen and oxygen atoms in total. The summed E-state index contributed by atoms with van der Waals surface area (Å²) in [4.78, 5) is 24.1. The van der Waals surface area contributed by atoms with Gasteiger partial charge in [-0.05, 0) is 72.1 Å². The maximum absolute atomic E-state index is 12.2. The highest BCUT2D eigenvalue weighted by Crippen LogP contribution is 2.31. The number of hydrogen-bond acceptors (Lipinski definition) is 4. The molecule has 0 bridgehead atoms. The van der Waals surface area contributed by atoms with Crippen LogP contribution in [0.4, 0.5) is 5.69 Å². The lowest BCUT2D eigenvalue weighted by atomic mass is 10.2. The second kappa shape index (κ2) is 10.8. The van der Waals surface area contributed by atoms with Crippen LogP contribution >= 0.6 is 43.5 Å². The molecule has 0 aromatic heterocycles. The Labute approximate surface area is 191 Å². The molecule has 2 N–H and O–H groups in total. The predicted molar refractivity (Wildman–Crippen MR) is 123 cm³/mol. The molecule has 0 aliphatic rings. The van der Waals surface area contributed by atoms with Crippen molar-refractivity contribution in [3.63, 3.8) is 0 Å². The third kappa shape index (κ3) is 7.45. The van der Waals surface area contributed by atoms with Gasteiger partial charge in [0.25, 0.3) is 5.91 Å². The molecular weight excluding hydrogens is 525 g/mol. The monoisotopic (exact) mass is 543 g/mol. The minimum atomic E-state index is -0.428. The zero-order valence-corrected chi connectivity index (χ0v) is 20.0. The topological polar surface area (TPSA) is 79.8 Å². The molecule has 2 aromatic rings. The van der Waals surface area contributed by atoms with Crippen LogP contribution in [-0.4, -0.2) is 24.1 Å². The Kier molecular flexibility index (Phi) is 8.67. The molecule has 0 aliphatic heterocycles. The summed E-state index contributed by atoms with van der Waals surface area (Å²) in [5, 5.41) is 7.26. The summed E-state index contributed by atoms with van der Waals surface area (Å²) in [6.45, 7) is 5.25. The molecule has 0 radical (unpaired) electrons. The van der Waals surface area contributed by atoms with E-state index in [0.29, 0.717) is 22.2 Å². The number of anilines is 1. The molecule has 2 amide bonds. The molecule has 0 saturated carbocycles. The number of carbonyl (C=O) groups excluding carboxylic acids is 2. The fraction of sp³-hybridized carbons (Fsp3) is 0.250. The number of nitrogens with one attached hydrogen (secondary N) is 2. The average Bonchev–Trinajstić information content (AvgIpc) is 2.64. The number of benzene rings is 2. The molecule has 0 aliphatic carbocycles. The Morgan fingerprint density at radius 2 is 1.79 bits per heavy atom. The number of nitrogens with zero attached hydrogens (tertiary/aromatic N) is 1.